The van der Waals surface area contributed by atoms with Gasteiger partial charge in [0, 0.05) is 0 Å². The largest absolute Gasteiger partial charge is 1.00 e. The minimum Gasteiger partial charge on any atom is -1.00 e. The first-order chi connectivity index (χ1) is 12.3. The van der Waals surface area contributed by atoms with Gasteiger partial charge in [0.1, 0.15) is 0 Å². The van der Waals surface area contributed by atoms with Crippen molar-refractivity contribution in [1.29, 1.82) is 0 Å². The summed E-state index contributed by atoms with van der Waals surface area (Å²) in [6.07, 6.45) is 15.4. The minimum atomic E-state index is -0.367. The normalized spacial score (nSPS) is 27.7. The molecule has 0 radical (unpaired) electrons. The van der Waals surface area contributed by atoms with Crippen molar-refractivity contribution in [3.05, 3.63) is 52.6 Å². The van der Waals surface area contributed by atoms with E-state index in [1.165, 1.54) is 44.1 Å². The van der Waals surface area contributed by atoms with Gasteiger partial charge >= 0.3 is 176 Å². The Hall–Kier alpha value is 0.501. The van der Waals surface area contributed by atoms with Gasteiger partial charge in [-0.05, 0) is 0 Å². The fraction of sp³-hybridized carbons (Fsp3) is 0.583. The molecule has 1 aromatic carbocycles. The van der Waals surface area contributed by atoms with Crippen LogP contribution in [0, 0.1) is 26.7 Å². The standard InChI is InChI=1S/C24H35Si.3ClH.Ti/c1-6-7-8-13-22-21-12-10-9-11-20(21)16-24(22,5)25-23-18(3)14-17(2)15-19(23)4;;;;/h9-10,12,14-15,20H,6-8,11,13,16,25H2,1-5H3;3*1H;/q;;;;+3/p-3. The maximum atomic E-state index is 2.66. The van der Waals surface area contributed by atoms with E-state index in [0.29, 0.717) is 8.76 Å². The second-order valence-corrected chi connectivity index (χ2v) is 13.1. The fourth-order valence-corrected chi connectivity index (χ4v) is 9.63. The van der Waals surface area contributed by atoms with Gasteiger partial charge in [0.05, 0.1) is 0 Å². The Balaban J connectivity index is 0.00000261. The van der Waals surface area contributed by atoms with E-state index in [1.54, 1.807) is 21.9 Å². The van der Waals surface area contributed by atoms with Crippen LogP contribution in [0.25, 0.3) is 0 Å². The molecule has 0 aliphatic heterocycles. The minimum absolute atomic E-state index is 0. The van der Waals surface area contributed by atoms with Crippen molar-refractivity contribution in [2.75, 3.05) is 0 Å². The summed E-state index contributed by atoms with van der Waals surface area (Å²) in [4.78, 5) is 0. The summed E-state index contributed by atoms with van der Waals surface area (Å²) in [7, 11) is -0.367. The van der Waals surface area contributed by atoms with E-state index in [-0.39, 0.29) is 46.7 Å². The predicted octanol–water partition coefficient (Wildman–Crippen LogP) is -3.21. The van der Waals surface area contributed by atoms with Crippen LogP contribution in [-0.2, 0) is 20.4 Å². The molecule has 0 spiro atoms. The Morgan fingerprint density at radius 3 is 2.28 bits per heavy atom. The molecular weight excluding hydrogens is 471 g/mol. The molecular formula is C24H35Cl3SiTi. The first-order valence-corrected chi connectivity index (χ1v) is 12.7. The molecule has 1 aromatic rings. The molecule has 3 atom stereocenters. The molecule has 160 valence electrons. The number of hydrogen-bond donors (Lipinski definition) is 0. The van der Waals surface area contributed by atoms with Crippen molar-refractivity contribution in [3.8, 4) is 0 Å². The van der Waals surface area contributed by atoms with E-state index in [2.05, 4.69) is 85.4 Å². The molecule has 1 fully saturated rings. The Morgan fingerprint density at radius 2 is 1.69 bits per heavy atom. The first kappa shape index (κ1) is 29.5. The molecule has 5 heteroatoms. The van der Waals surface area contributed by atoms with Gasteiger partial charge in [0.15, 0.2) is 0 Å². The van der Waals surface area contributed by atoms with Gasteiger partial charge in [0.2, 0.25) is 0 Å². The molecule has 0 N–H and O–H groups in total. The Bertz CT molecular complexity index is 723. The van der Waals surface area contributed by atoms with Crippen LogP contribution in [0.5, 0.6) is 0 Å². The summed E-state index contributed by atoms with van der Waals surface area (Å²) in [6, 6.07) is 4.83. The third kappa shape index (κ3) is 5.85. The maximum absolute atomic E-state index is 2.66. The van der Waals surface area contributed by atoms with Crippen LogP contribution >= 0.6 is 0 Å². The molecule has 2 aliphatic carbocycles. The van der Waals surface area contributed by atoms with E-state index >= 15 is 0 Å². The van der Waals surface area contributed by atoms with Gasteiger partial charge in [-0.3, -0.25) is 0 Å². The topological polar surface area (TPSA) is 0 Å². The van der Waals surface area contributed by atoms with Crippen LogP contribution in [0.1, 0.15) is 69.1 Å². The molecule has 0 aromatic heterocycles. The van der Waals surface area contributed by atoms with E-state index in [0.717, 1.165) is 5.92 Å². The number of fused-ring (bicyclic) bond motifs is 1. The number of benzene rings is 1. The summed E-state index contributed by atoms with van der Waals surface area (Å²) < 4.78 is 0.396. The van der Waals surface area contributed by atoms with Gasteiger partial charge in [-0.15, -0.1) is 0 Å². The zero-order valence-corrected chi connectivity index (χ0v) is 23.8. The first-order valence-electron chi connectivity index (χ1n) is 10.5. The predicted molar refractivity (Wildman–Crippen MR) is 114 cm³/mol. The third-order valence-corrected chi connectivity index (χ3v) is 12.5. The molecule has 29 heavy (non-hydrogen) atoms. The summed E-state index contributed by atoms with van der Waals surface area (Å²) in [5.41, 5.74) is 6.30. The maximum Gasteiger partial charge on any atom is -1.00 e. The Labute approximate surface area is 211 Å². The number of rotatable bonds is 6. The van der Waals surface area contributed by atoms with Gasteiger partial charge < -0.3 is 37.2 Å². The molecule has 3 rings (SSSR count). The van der Waals surface area contributed by atoms with E-state index < -0.39 is 0 Å². The quantitative estimate of drug-likeness (QED) is 0.282. The molecule has 2 aliphatic rings. The number of halogens is 3. The smallest absolute Gasteiger partial charge is 1.00 e. The molecule has 0 amide bonds. The van der Waals surface area contributed by atoms with Crippen LogP contribution in [0.3, 0.4) is 0 Å². The zero-order valence-electron chi connectivity index (χ0n) is 18.5. The van der Waals surface area contributed by atoms with E-state index in [1.807, 2.05) is 0 Å². The molecule has 1 saturated carbocycles. The van der Waals surface area contributed by atoms with Gasteiger partial charge in [-0.25, -0.2) is 0 Å². The van der Waals surface area contributed by atoms with Crippen molar-refractivity contribution in [1.82, 2.24) is 0 Å². The Morgan fingerprint density at radius 1 is 1.07 bits per heavy atom. The van der Waals surface area contributed by atoms with E-state index in [9.17, 15) is 0 Å². The van der Waals surface area contributed by atoms with Crippen LogP contribution < -0.4 is 42.4 Å². The second-order valence-electron chi connectivity index (χ2n) is 9.16. The molecule has 0 nitrogen and oxygen atoms in total. The third-order valence-electron chi connectivity index (χ3n) is 7.05. The summed E-state index contributed by atoms with van der Waals surface area (Å²) in [5, 5.41) is 2.24. The molecule has 0 bridgehead atoms. The van der Waals surface area contributed by atoms with Crippen molar-refractivity contribution in [2.45, 2.75) is 81.9 Å². The van der Waals surface area contributed by atoms with Gasteiger partial charge in [-0.1, -0.05) is 0 Å². The van der Waals surface area contributed by atoms with Crippen LogP contribution in [0.4, 0.5) is 0 Å². The SMILES string of the molecule is CCCCC[C]1([Ti+3])C2=CC=CCC2CC1(C)[SiH2]c1c(C)cc(C)cc1C.[Cl-].[Cl-].[Cl-]. The average molecular weight is 506 g/mol. The second kappa shape index (κ2) is 11.9. The monoisotopic (exact) mass is 504 g/mol. The number of unbranched alkanes of at least 4 members (excludes halogenated alkanes) is 2. The van der Waals surface area contributed by atoms with Crippen LogP contribution in [0.2, 0.25) is 8.76 Å². The van der Waals surface area contributed by atoms with Crippen LogP contribution in [0.15, 0.2) is 35.9 Å². The summed E-state index contributed by atoms with van der Waals surface area (Å²) in [6.45, 7) is 11.9. The van der Waals surface area contributed by atoms with Crippen LogP contribution in [-0.4, -0.2) is 9.52 Å². The molecule has 3 unspecified atom stereocenters. The molecule has 0 heterocycles. The fourth-order valence-electron chi connectivity index (χ4n) is 5.62. The zero-order chi connectivity index (χ0) is 18.9. The summed E-state index contributed by atoms with van der Waals surface area (Å²) >= 11 is 2.62. The van der Waals surface area contributed by atoms with Crippen molar-refractivity contribution < 1.29 is 57.7 Å². The van der Waals surface area contributed by atoms with Crippen molar-refractivity contribution in [2.24, 2.45) is 5.92 Å². The van der Waals surface area contributed by atoms with Crippen molar-refractivity contribution in [3.63, 3.8) is 0 Å². The number of hydrogen-bond acceptors (Lipinski definition) is 0. The van der Waals surface area contributed by atoms with E-state index in [4.69, 9.17) is 0 Å². The molecule has 0 saturated heterocycles. The van der Waals surface area contributed by atoms with Gasteiger partial charge in [0.25, 0.3) is 0 Å². The van der Waals surface area contributed by atoms with Crippen molar-refractivity contribution >= 4 is 14.7 Å². The average Bonchev–Trinajstić information content (AvgIpc) is 2.80. The van der Waals surface area contributed by atoms with Gasteiger partial charge in [-0.2, -0.15) is 0 Å². The number of allylic oxidation sites excluding steroid dienone is 4. The number of aryl methyl sites for hydroxylation is 3. The summed E-state index contributed by atoms with van der Waals surface area (Å²) in [5.74, 6) is 0.801. The Kier molecular flexibility index (Phi) is 12.1.